The molecule has 3 heterocycles. The molecule has 27 heavy (non-hydrogen) atoms. The average molecular weight is 431 g/mol. The second-order valence-corrected chi connectivity index (χ2v) is 6.97. The lowest BCUT2D eigenvalue weighted by molar-refractivity contribution is 0.122. The molecule has 2 aromatic heterocycles. The molecule has 0 spiro atoms. The van der Waals surface area contributed by atoms with E-state index in [1.807, 2.05) is 19.1 Å². The quantitative estimate of drug-likeness (QED) is 0.630. The van der Waals surface area contributed by atoms with Gasteiger partial charge < -0.3 is 24.8 Å². The Bertz CT molecular complexity index is 908. The fourth-order valence-corrected chi connectivity index (χ4v) is 3.05. The van der Waals surface area contributed by atoms with E-state index in [4.69, 9.17) is 9.26 Å². The molecular formula is C18H19BrN6O2. The third-order valence-electron chi connectivity index (χ3n) is 4.11. The van der Waals surface area contributed by atoms with Crippen LogP contribution in [-0.2, 0) is 4.74 Å². The van der Waals surface area contributed by atoms with Gasteiger partial charge in [0.1, 0.15) is 0 Å². The summed E-state index contributed by atoms with van der Waals surface area (Å²) in [6, 6.07) is 10.0. The first-order valence-electron chi connectivity index (χ1n) is 8.60. The van der Waals surface area contributed by atoms with Crippen LogP contribution in [0.1, 0.15) is 5.69 Å². The van der Waals surface area contributed by atoms with Crippen LogP contribution in [0.25, 0.3) is 0 Å². The summed E-state index contributed by atoms with van der Waals surface area (Å²) in [7, 11) is 0. The molecular weight excluding hydrogens is 412 g/mol. The molecule has 1 aromatic carbocycles. The summed E-state index contributed by atoms with van der Waals surface area (Å²) in [5, 5.41) is 10.2. The van der Waals surface area contributed by atoms with Crippen molar-refractivity contribution in [3.8, 4) is 0 Å². The van der Waals surface area contributed by atoms with Crippen LogP contribution >= 0.6 is 15.9 Å². The Morgan fingerprint density at radius 1 is 1.11 bits per heavy atom. The molecule has 1 saturated heterocycles. The number of hydrogen-bond acceptors (Lipinski definition) is 8. The lowest BCUT2D eigenvalue weighted by atomic mass is 10.2. The van der Waals surface area contributed by atoms with E-state index in [2.05, 4.69) is 58.7 Å². The van der Waals surface area contributed by atoms with Gasteiger partial charge in [-0.05, 0) is 47.1 Å². The SMILES string of the molecule is Cc1cc(Nc2nc(Nc3ccc(N4CCOCC4)cc3)ncc2Br)on1. The molecule has 9 heteroatoms. The van der Waals surface area contributed by atoms with Gasteiger partial charge in [-0.15, -0.1) is 0 Å². The van der Waals surface area contributed by atoms with Crippen LogP contribution in [0, 0.1) is 6.92 Å². The third kappa shape index (κ3) is 4.37. The van der Waals surface area contributed by atoms with Gasteiger partial charge >= 0.3 is 0 Å². The number of anilines is 5. The molecule has 0 unspecified atom stereocenters. The van der Waals surface area contributed by atoms with E-state index in [1.54, 1.807) is 12.3 Å². The van der Waals surface area contributed by atoms with Gasteiger partial charge in [-0.25, -0.2) is 4.98 Å². The first kappa shape index (κ1) is 17.7. The van der Waals surface area contributed by atoms with Crippen LogP contribution in [-0.4, -0.2) is 41.4 Å². The van der Waals surface area contributed by atoms with Gasteiger partial charge in [-0.2, -0.15) is 4.98 Å². The van der Waals surface area contributed by atoms with Crippen LogP contribution in [0.3, 0.4) is 0 Å². The van der Waals surface area contributed by atoms with Crippen LogP contribution in [0.15, 0.2) is 45.5 Å². The molecule has 0 radical (unpaired) electrons. The zero-order chi connectivity index (χ0) is 18.6. The minimum absolute atomic E-state index is 0.482. The third-order valence-corrected chi connectivity index (χ3v) is 4.69. The molecule has 0 aliphatic carbocycles. The number of aryl methyl sites for hydroxylation is 1. The second-order valence-electron chi connectivity index (χ2n) is 6.12. The van der Waals surface area contributed by atoms with Crippen molar-refractivity contribution in [2.75, 3.05) is 41.8 Å². The van der Waals surface area contributed by atoms with Gasteiger partial charge in [0.25, 0.3) is 0 Å². The number of nitrogens with one attached hydrogen (secondary N) is 2. The van der Waals surface area contributed by atoms with Crippen molar-refractivity contribution in [3.63, 3.8) is 0 Å². The lowest BCUT2D eigenvalue weighted by Gasteiger charge is -2.28. The standard InChI is InChI=1S/C18H19BrN6O2/c1-12-10-16(27-24-12)22-17-15(19)11-20-18(23-17)21-13-2-4-14(5-3-13)25-6-8-26-9-7-25/h2-5,10-11H,6-9H2,1H3,(H2,20,21,22,23). The zero-order valence-electron chi connectivity index (χ0n) is 14.8. The maximum Gasteiger partial charge on any atom is 0.230 e. The Labute approximate surface area is 165 Å². The Morgan fingerprint density at radius 2 is 1.89 bits per heavy atom. The number of benzene rings is 1. The van der Waals surface area contributed by atoms with Crippen molar-refractivity contribution in [1.82, 2.24) is 15.1 Å². The smallest absolute Gasteiger partial charge is 0.230 e. The predicted molar refractivity (Wildman–Crippen MR) is 107 cm³/mol. The van der Waals surface area contributed by atoms with Gasteiger partial charge in [0.2, 0.25) is 11.8 Å². The number of rotatable bonds is 5. The van der Waals surface area contributed by atoms with Gasteiger partial charge in [-0.1, -0.05) is 5.16 Å². The number of halogens is 1. The first-order valence-corrected chi connectivity index (χ1v) is 9.39. The predicted octanol–water partition coefficient (Wildman–Crippen LogP) is 3.86. The minimum atomic E-state index is 0.482. The van der Waals surface area contributed by atoms with Crippen LogP contribution in [0.2, 0.25) is 0 Å². The highest BCUT2D eigenvalue weighted by atomic mass is 79.9. The molecule has 0 bridgehead atoms. The molecule has 1 aliphatic rings. The Balaban J connectivity index is 1.46. The fourth-order valence-electron chi connectivity index (χ4n) is 2.76. The van der Waals surface area contributed by atoms with Crippen molar-refractivity contribution in [2.24, 2.45) is 0 Å². The summed E-state index contributed by atoms with van der Waals surface area (Å²) < 4.78 is 11.3. The first-order chi connectivity index (χ1) is 13.2. The highest BCUT2D eigenvalue weighted by molar-refractivity contribution is 9.10. The van der Waals surface area contributed by atoms with Crippen molar-refractivity contribution < 1.29 is 9.26 Å². The summed E-state index contributed by atoms with van der Waals surface area (Å²) in [6.07, 6.45) is 1.68. The van der Waals surface area contributed by atoms with E-state index >= 15 is 0 Å². The molecule has 140 valence electrons. The molecule has 2 N–H and O–H groups in total. The summed E-state index contributed by atoms with van der Waals surface area (Å²) >= 11 is 3.44. The summed E-state index contributed by atoms with van der Waals surface area (Å²) in [5.74, 6) is 1.59. The molecule has 1 aliphatic heterocycles. The fraction of sp³-hybridized carbons (Fsp3) is 0.278. The van der Waals surface area contributed by atoms with Gasteiger partial charge in [-0.3, -0.25) is 0 Å². The van der Waals surface area contributed by atoms with E-state index in [9.17, 15) is 0 Å². The molecule has 4 rings (SSSR count). The number of nitrogens with zero attached hydrogens (tertiary/aromatic N) is 4. The average Bonchev–Trinajstić information content (AvgIpc) is 3.10. The van der Waals surface area contributed by atoms with Gasteiger partial charge in [0, 0.05) is 36.7 Å². The highest BCUT2D eigenvalue weighted by Crippen LogP contribution is 2.26. The van der Waals surface area contributed by atoms with Crippen molar-refractivity contribution >= 4 is 45.0 Å². The summed E-state index contributed by atoms with van der Waals surface area (Å²) in [5.41, 5.74) is 2.89. The van der Waals surface area contributed by atoms with Gasteiger partial charge in [0.05, 0.1) is 23.4 Å². The normalized spacial score (nSPS) is 14.2. The van der Waals surface area contributed by atoms with E-state index in [0.717, 1.165) is 42.2 Å². The van der Waals surface area contributed by atoms with Crippen molar-refractivity contribution in [2.45, 2.75) is 6.92 Å². The number of hydrogen-bond donors (Lipinski definition) is 2. The molecule has 0 amide bonds. The van der Waals surface area contributed by atoms with Gasteiger partial charge in [0.15, 0.2) is 5.82 Å². The molecule has 1 fully saturated rings. The Hall–Kier alpha value is -2.65. The van der Waals surface area contributed by atoms with Crippen LogP contribution in [0.5, 0.6) is 0 Å². The Morgan fingerprint density at radius 3 is 2.59 bits per heavy atom. The van der Waals surface area contributed by atoms with Crippen LogP contribution < -0.4 is 15.5 Å². The van der Waals surface area contributed by atoms with E-state index < -0.39 is 0 Å². The maximum atomic E-state index is 5.40. The van der Waals surface area contributed by atoms with Crippen molar-refractivity contribution in [1.29, 1.82) is 0 Å². The molecule has 0 atom stereocenters. The zero-order valence-corrected chi connectivity index (χ0v) is 16.4. The molecule has 3 aromatic rings. The molecule has 0 saturated carbocycles. The largest absolute Gasteiger partial charge is 0.378 e. The summed E-state index contributed by atoms with van der Waals surface area (Å²) in [4.78, 5) is 11.1. The number of aromatic nitrogens is 3. The minimum Gasteiger partial charge on any atom is -0.378 e. The topological polar surface area (TPSA) is 88.3 Å². The van der Waals surface area contributed by atoms with Crippen LogP contribution in [0.4, 0.5) is 29.0 Å². The van der Waals surface area contributed by atoms with E-state index in [0.29, 0.717) is 17.7 Å². The maximum absolute atomic E-state index is 5.40. The highest BCUT2D eigenvalue weighted by Gasteiger charge is 2.12. The Kier molecular flexibility index (Phi) is 5.21. The van der Waals surface area contributed by atoms with Crippen molar-refractivity contribution in [3.05, 3.63) is 46.7 Å². The lowest BCUT2D eigenvalue weighted by Crippen LogP contribution is -2.36. The summed E-state index contributed by atoms with van der Waals surface area (Å²) in [6.45, 7) is 5.23. The number of ether oxygens (including phenoxy) is 1. The van der Waals surface area contributed by atoms with E-state index in [-0.39, 0.29) is 0 Å². The molecule has 8 nitrogen and oxygen atoms in total. The monoisotopic (exact) mass is 430 g/mol. The number of morpholine rings is 1. The van der Waals surface area contributed by atoms with E-state index in [1.165, 1.54) is 5.69 Å². The second kappa shape index (κ2) is 7.93.